The molecule has 0 bridgehead atoms. The second-order valence-corrected chi connectivity index (χ2v) is 8.33. The van der Waals surface area contributed by atoms with Crippen molar-refractivity contribution in [1.82, 2.24) is 24.3 Å². The average molecular weight is 392 g/mol. The number of nitrogens with zero attached hydrogens (tertiary/aromatic N) is 5. The highest BCUT2D eigenvalue weighted by molar-refractivity contribution is 5.75. The summed E-state index contributed by atoms with van der Waals surface area (Å²) in [6.07, 6.45) is 7.02. The van der Waals surface area contributed by atoms with Gasteiger partial charge in [-0.25, -0.2) is 4.98 Å². The lowest BCUT2D eigenvalue weighted by molar-refractivity contribution is 0.0668. The van der Waals surface area contributed by atoms with Gasteiger partial charge in [-0.15, -0.1) is 0 Å². The number of imidazole rings is 1. The lowest BCUT2D eigenvalue weighted by atomic mass is 9.88. The van der Waals surface area contributed by atoms with Gasteiger partial charge in [0.1, 0.15) is 5.82 Å². The van der Waals surface area contributed by atoms with E-state index in [-0.39, 0.29) is 0 Å². The molecule has 1 aliphatic carbocycles. The van der Waals surface area contributed by atoms with Crippen LogP contribution in [-0.2, 0) is 19.6 Å². The normalized spacial score (nSPS) is 20.0. The number of fused-ring (bicyclic) bond motifs is 1. The van der Waals surface area contributed by atoms with Crippen LogP contribution >= 0.6 is 0 Å². The van der Waals surface area contributed by atoms with Crippen LogP contribution in [0.3, 0.4) is 0 Å². The maximum absolute atomic E-state index is 4.95. The van der Waals surface area contributed by atoms with E-state index in [0.29, 0.717) is 12.1 Å². The summed E-state index contributed by atoms with van der Waals surface area (Å²) in [5.74, 6) is 1.17. The fraction of sp³-hybridized carbons (Fsp3) is 0.500. The molecule has 3 aromatic rings. The standard InChI is InChI=1S/C24H33N5/c1-4-29-21-13-6-5-12-20(21)26-24(29)18-28(3)23-15-8-7-14-22(23)27(2)17-19-11-9-10-16-25-19/h5-6,9-13,16,22-23H,4,7-8,14-15,17-18H2,1-3H3/t22-,23-/m1/s1. The van der Waals surface area contributed by atoms with Gasteiger partial charge in [-0.1, -0.05) is 31.0 Å². The number of hydrogen-bond donors (Lipinski definition) is 0. The Labute approximate surface area is 174 Å². The molecule has 0 spiro atoms. The summed E-state index contributed by atoms with van der Waals surface area (Å²) in [5.41, 5.74) is 3.49. The molecule has 0 amide bonds. The van der Waals surface area contributed by atoms with E-state index in [1.165, 1.54) is 37.0 Å². The minimum Gasteiger partial charge on any atom is -0.327 e. The van der Waals surface area contributed by atoms with Gasteiger partial charge in [-0.2, -0.15) is 0 Å². The monoisotopic (exact) mass is 391 g/mol. The van der Waals surface area contributed by atoms with Crippen molar-refractivity contribution >= 4 is 11.0 Å². The topological polar surface area (TPSA) is 37.2 Å². The quantitative estimate of drug-likeness (QED) is 0.601. The molecule has 154 valence electrons. The Morgan fingerprint density at radius 1 is 0.931 bits per heavy atom. The smallest absolute Gasteiger partial charge is 0.124 e. The summed E-state index contributed by atoms with van der Waals surface area (Å²) in [5, 5.41) is 0. The molecule has 1 saturated carbocycles. The van der Waals surface area contributed by atoms with Crippen LogP contribution in [0.25, 0.3) is 11.0 Å². The molecule has 0 N–H and O–H groups in total. The third kappa shape index (κ3) is 4.36. The van der Waals surface area contributed by atoms with Gasteiger partial charge in [-0.3, -0.25) is 14.8 Å². The number of pyridine rings is 1. The van der Waals surface area contributed by atoms with Crippen LogP contribution in [0.5, 0.6) is 0 Å². The zero-order chi connectivity index (χ0) is 20.2. The highest BCUT2D eigenvalue weighted by Crippen LogP contribution is 2.28. The maximum Gasteiger partial charge on any atom is 0.124 e. The van der Waals surface area contributed by atoms with E-state index in [9.17, 15) is 0 Å². The van der Waals surface area contributed by atoms with Crippen LogP contribution in [-0.4, -0.2) is 50.5 Å². The van der Waals surface area contributed by atoms with Gasteiger partial charge in [-0.05, 0) is 58.1 Å². The molecule has 0 radical (unpaired) electrons. The number of rotatable bonds is 7. The molecule has 2 heterocycles. The zero-order valence-corrected chi connectivity index (χ0v) is 18.0. The molecule has 4 rings (SSSR count). The largest absolute Gasteiger partial charge is 0.327 e. The summed E-state index contributed by atoms with van der Waals surface area (Å²) in [6.45, 7) is 4.96. The third-order valence-corrected chi connectivity index (χ3v) is 6.40. The fourth-order valence-electron chi connectivity index (χ4n) is 4.92. The Bertz CT molecular complexity index is 919. The lowest BCUT2D eigenvalue weighted by Crippen LogP contribution is -2.50. The minimum atomic E-state index is 0.544. The van der Waals surface area contributed by atoms with Crippen LogP contribution in [0.4, 0.5) is 0 Å². The van der Waals surface area contributed by atoms with E-state index in [1.807, 2.05) is 12.3 Å². The summed E-state index contributed by atoms with van der Waals surface area (Å²) < 4.78 is 2.36. The van der Waals surface area contributed by atoms with Crippen LogP contribution in [0.2, 0.25) is 0 Å². The van der Waals surface area contributed by atoms with Gasteiger partial charge >= 0.3 is 0 Å². The molecule has 2 aromatic heterocycles. The van der Waals surface area contributed by atoms with Gasteiger partial charge in [0.2, 0.25) is 0 Å². The molecule has 1 fully saturated rings. The molecule has 5 nitrogen and oxygen atoms in total. The van der Waals surface area contributed by atoms with Gasteiger partial charge < -0.3 is 4.57 Å². The molecule has 1 aromatic carbocycles. The van der Waals surface area contributed by atoms with Crippen molar-refractivity contribution in [2.24, 2.45) is 0 Å². The maximum atomic E-state index is 4.95. The van der Waals surface area contributed by atoms with Crippen molar-refractivity contribution < 1.29 is 0 Å². The highest BCUT2D eigenvalue weighted by Gasteiger charge is 2.32. The Balaban J connectivity index is 1.51. The number of benzene rings is 1. The molecule has 1 aliphatic rings. The lowest BCUT2D eigenvalue weighted by Gasteiger charge is -2.42. The zero-order valence-electron chi connectivity index (χ0n) is 18.0. The average Bonchev–Trinajstić information content (AvgIpc) is 3.11. The van der Waals surface area contributed by atoms with E-state index in [4.69, 9.17) is 4.98 Å². The molecule has 0 aliphatic heterocycles. The van der Waals surface area contributed by atoms with Gasteiger partial charge in [0.25, 0.3) is 0 Å². The highest BCUT2D eigenvalue weighted by atomic mass is 15.2. The summed E-state index contributed by atoms with van der Waals surface area (Å²) in [4.78, 5) is 14.5. The van der Waals surface area contributed by atoms with Crippen LogP contribution in [0.15, 0.2) is 48.7 Å². The Morgan fingerprint density at radius 3 is 2.31 bits per heavy atom. The van der Waals surface area contributed by atoms with Crippen molar-refractivity contribution in [2.75, 3.05) is 14.1 Å². The molecular formula is C24H33N5. The molecule has 0 saturated heterocycles. The predicted molar refractivity (Wildman–Crippen MR) is 119 cm³/mol. The van der Waals surface area contributed by atoms with E-state index < -0.39 is 0 Å². The van der Waals surface area contributed by atoms with Crippen molar-refractivity contribution in [3.05, 3.63) is 60.2 Å². The van der Waals surface area contributed by atoms with Crippen molar-refractivity contribution in [3.8, 4) is 0 Å². The fourth-order valence-corrected chi connectivity index (χ4v) is 4.92. The molecule has 29 heavy (non-hydrogen) atoms. The van der Waals surface area contributed by atoms with Gasteiger partial charge in [0.15, 0.2) is 0 Å². The van der Waals surface area contributed by atoms with E-state index in [0.717, 1.165) is 30.8 Å². The van der Waals surface area contributed by atoms with Crippen molar-refractivity contribution in [2.45, 2.75) is 64.3 Å². The number of aromatic nitrogens is 3. The summed E-state index contributed by atoms with van der Waals surface area (Å²) in [6, 6.07) is 15.8. The van der Waals surface area contributed by atoms with E-state index in [1.54, 1.807) is 0 Å². The van der Waals surface area contributed by atoms with Crippen molar-refractivity contribution in [1.29, 1.82) is 0 Å². The van der Waals surface area contributed by atoms with Crippen LogP contribution in [0, 0.1) is 0 Å². The first kappa shape index (κ1) is 20.0. The van der Waals surface area contributed by atoms with Crippen LogP contribution in [0.1, 0.15) is 44.1 Å². The minimum absolute atomic E-state index is 0.544. The molecule has 2 atom stereocenters. The molecule has 0 unspecified atom stereocenters. The molecular weight excluding hydrogens is 358 g/mol. The van der Waals surface area contributed by atoms with Gasteiger partial charge in [0, 0.05) is 31.4 Å². The first-order valence-corrected chi connectivity index (χ1v) is 10.9. The number of para-hydroxylation sites is 2. The van der Waals surface area contributed by atoms with E-state index >= 15 is 0 Å². The van der Waals surface area contributed by atoms with E-state index in [2.05, 4.69) is 76.8 Å². The SMILES string of the molecule is CCn1c(CN(C)[C@@H]2CCCC[C@H]2N(C)Cc2ccccn2)nc2ccccc21. The molecule has 5 heteroatoms. The Kier molecular flexibility index (Phi) is 6.26. The van der Waals surface area contributed by atoms with Crippen LogP contribution < -0.4 is 0 Å². The Hall–Kier alpha value is -2.24. The van der Waals surface area contributed by atoms with Crippen molar-refractivity contribution in [3.63, 3.8) is 0 Å². The Morgan fingerprint density at radius 2 is 1.62 bits per heavy atom. The number of hydrogen-bond acceptors (Lipinski definition) is 4. The number of aryl methyl sites for hydroxylation is 1. The number of likely N-dealkylation sites (N-methyl/N-ethyl adjacent to an activating group) is 2. The first-order valence-electron chi connectivity index (χ1n) is 10.9. The second kappa shape index (κ2) is 9.06. The summed E-state index contributed by atoms with van der Waals surface area (Å²) in [7, 11) is 4.53. The predicted octanol–water partition coefficient (Wildman–Crippen LogP) is 4.33. The third-order valence-electron chi connectivity index (χ3n) is 6.40. The first-order chi connectivity index (χ1) is 14.2. The second-order valence-electron chi connectivity index (χ2n) is 8.33. The summed E-state index contributed by atoms with van der Waals surface area (Å²) >= 11 is 0. The van der Waals surface area contributed by atoms with Gasteiger partial charge in [0.05, 0.1) is 23.3 Å².